The van der Waals surface area contributed by atoms with Crippen LogP contribution in [-0.2, 0) is 25.6 Å². The van der Waals surface area contributed by atoms with Gasteiger partial charge in [0, 0.05) is 36.5 Å². The second kappa shape index (κ2) is 13.3. The van der Waals surface area contributed by atoms with Gasteiger partial charge in [-0.3, -0.25) is 4.79 Å². The highest BCUT2D eigenvalue weighted by atomic mass is 32.2. The van der Waals surface area contributed by atoms with E-state index in [-0.39, 0.29) is 12.5 Å². The molecule has 0 saturated carbocycles. The number of hydrogen-bond acceptors (Lipinski definition) is 8. The molecule has 0 aliphatic carbocycles. The van der Waals surface area contributed by atoms with E-state index in [1.165, 1.54) is 17.8 Å². The molecule has 1 saturated heterocycles. The first-order valence-corrected chi connectivity index (χ1v) is 12.6. The fourth-order valence-corrected chi connectivity index (χ4v) is 4.71. The first kappa shape index (κ1) is 28.4. The van der Waals surface area contributed by atoms with Gasteiger partial charge in [-0.1, -0.05) is 6.08 Å². The molecular weight excluding hydrogens is 472 g/mol. The molecule has 9 nitrogen and oxygen atoms in total. The zero-order valence-electron chi connectivity index (χ0n) is 21.3. The summed E-state index contributed by atoms with van der Waals surface area (Å²) in [6.45, 7) is 8.25. The normalized spacial score (nSPS) is 17.1. The van der Waals surface area contributed by atoms with E-state index in [0.717, 1.165) is 11.3 Å². The third-order valence-electron chi connectivity index (χ3n) is 5.04. The molecule has 0 aromatic heterocycles. The molecule has 1 fully saturated rings. The fraction of sp³-hybridized carbons (Fsp3) is 0.560. The van der Waals surface area contributed by atoms with Crippen LogP contribution in [0.3, 0.4) is 0 Å². The minimum absolute atomic E-state index is 0.0420. The van der Waals surface area contributed by atoms with Crippen molar-refractivity contribution in [1.82, 2.24) is 10.2 Å². The molecule has 1 aromatic rings. The number of amides is 2. The summed E-state index contributed by atoms with van der Waals surface area (Å²) >= 11 is 1.53. The van der Waals surface area contributed by atoms with Crippen molar-refractivity contribution in [3.05, 3.63) is 35.9 Å². The van der Waals surface area contributed by atoms with E-state index in [1.807, 2.05) is 12.1 Å². The predicted octanol–water partition coefficient (Wildman–Crippen LogP) is 3.55. The quantitative estimate of drug-likeness (QED) is 0.378. The summed E-state index contributed by atoms with van der Waals surface area (Å²) in [6.07, 6.45) is 2.49. The number of ether oxygens (including phenoxy) is 4. The highest BCUT2D eigenvalue weighted by Crippen LogP contribution is 2.29. The second-order valence-corrected chi connectivity index (χ2v) is 10.2. The highest BCUT2D eigenvalue weighted by Gasteiger charge is 2.32. The van der Waals surface area contributed by atoms with Crippen molar-refractivity contribution in [2.75, 3.05) is 33.1 Å². The van der Waals surface area contributed by atoms with E-state index in [2.05, 4.69) is 5.32 Å². The van der Waals surface area contributed by atoms with Gasteiger partial charge in [0.2, 0.25) is 5.91 Å². The van der Waals surface area contributed by atoms with Crippen molar-refractivity contribution < 1.29 is 33.3 Å². The molecule has 2 amide bonds. The van der Waals surface area contributed by atoms with Gasteiger partial charge in [-0.05, 0) is 46.2 Å². The van der Waals surface area contributed by atoms with Crippen molar-refractivity contribution in [3.63, 3.8) is 0 Å². The lowest BCUT2D eigenvalue weighted by Crippen LogP contribution is -2.46. The number of methoxy groups -OCH3 is 2. The Morgan fingerprint density at radius 3 is 2.63 bits per heavy atom. The summed E-state index contributed by atoms with van der Waals surface area (Å²) in [7, 11) is 3.17. The Labute approximate surface area is 211 Å². The van der Waals surface area contributed by atoms with E-state index in [0.29, 0.717) is 31.0 Å². The number of nitrogens with one attached hydrogen (secondary N) is 1. The monoisotopic (exact) mass is 508 g/mol. The first-order chi connectivity index (χ1) is 16.6. The number of hydrogen-bond donors (Lipinski definition) is 1. The number of carbonyl (C=O) groups excluding carboxylic acids is 3. The first-order valence-electron chi connectivity index (χ1n) is 11.5. The van der Waals surface area contributed by atoms with Crippen molar-refractivity contribution in [3.8, 4) is 11.5 Å². The molecule has 1 N–H and O–H groups in total. The van der Waals surface area contributed by atoms with Crippen molar-refractivity contribution in [2.45, 2.75) is 57.6 Å². The second-order valence-electron chi connectivity index (χ2n) is 8.90. The molecule has 1 aliphatic rings. The Morgan fingerprint density at radius 2 is 2.00 bits per heavy atom. The summed E-state index contributed by atoms with van der Waals surface area (Å²) in [5.74, 6) is 1.51. The van der Waals surface area contributed by atoms with E-state index in [1.54, 1.807) is 59.0 Å². The number of esters is 1. The van der Waals surface area contributed by atoms with Crippen molar-refractivity contribution in [1.29, 1.82) is 0 Å². The number of benzene rings is 1. The lowest BCUT2D eigenvalue weighted by molar-refractivity contribution is -0.137. The van der Waals surface area contributed by atoms with E-state index in [9.17, 15) is 14.4 Å². The van der Waals surface area contributed by atoms with Crippen LogP contribution in [0.15, 0.2) is 30.4 Å². The molecule has 194 valence electrons. The van der Waals surface area contributed by atoms with Crippen LogP contribution in [0.2, 0.25) is 0 Å². The molecule has 1 heterocycles. The van der Waals surface area contributed by atoms with Crippen LogP contribution in [-0.4, -0.2) is 72.9 Å². The lowest BCUT2D eigenvalue weighted by atomic mass is 10.1. The van der Waals surface area contributed by atoms with Gasteiger partial charge in [-0.2, -0.15) is 0 Å². The van der Waals surface area contributed by atoms with Gasteiger partial charge >= 0.3 is 12.1 Å². The average Bonchev–Trinajstić information content (AvgIpc) is 2.79. The Balaban J connectivity index is 2.14. The van der Waals surface area contributed by atoms with Crippen LogP contribution in [0.1, 0.15) is 39.7 Å². The molecule has 2 rings (SSSR count). The van der Waals surface area contributed by atoms with Crippen LogP contribution in [0.25, 0.3) is 0 Å². The average molecular weight is 509 g/mol. The molecular formula is C25H36N2O7S. The summed E-state index contributed by atoms with van der Waals surface area (Å²) in [4.78, 5) is 39.3. The van der Waals surface area contributed by atoms with Crippen LogP contribution in [0, 0.1) is 0 Å². The molecule has 0 bridgehead atoms. The minimum Gasteiger partial charge on any atom is -0.497 e. The summed E-state index contributed by atoms with van der Waals surface area (Å²) in [5, 5.41) is 2.36. The molecule has 0 radical (unpaired) electrons. The molecule has 1 aliphatic heterocycles. The van der Waals surface area contributed by atoms with Gasteiger partial charge in [-0.25, -0.2) is 9.59 Å². The SMILES string of the molecule is CCOC(=O)/C=C/[C@H](C[C@@H]1SCCN(Cc2ccc(OC)cc2OC)C1=O)NC(=O)OC(C)(C)C. The Bertz CT molecular complexity index is 914. The zero-order chi connectivity index (χ0) is 26.0. The van der Waals surface area contributed by atoms with E-state index >= 15 is 0 Å². The Kier molecular flexibility index (Phi) is 10.8. The molecule has 1 aromatic carbocycles. The third-order valence-corrected chi connectivity index (χ3v) is 6.26. The van der Waals surface area contributed by atoms with Gasteiger partial charge < -0.3 is 29.2 Å². The van der Waals surface area contributed by atoms with Gasteiger partial charge in [0.05, 0.1) is 32.1 Å². The summed E-state index contributed by atoms with van der Waals surface area (Å²) in [5.41, 5.74) is 0.196. The molecule has 35 heavy (non-hydrogen) atoms. The summed E-state index contributed by atoms with van der Waals surface area (Å²) < 4.78 is 21.0. The fourth-order valence-electron chi connectivity index (χ4n) is 3.46. The number of rotatable bonds is 10. The van der Waals surface area contributed by atoms with Crippen LogP contribution < -0.4 is 14.8 Å². The van der Waals surface area contributed by atoms with Crippen LogP contribution in [0.5, 0.6) is 11.5 Å². The molecule has 10 heteroatoms. The van der Waals surface area contributed by atoms with Crippen molar-refractivity contribution in [2.24, 2.45) is 0 Å². The minimum atomic E-state index is -0.677. The topological polar surface area (TPSA) is 103 Å². The van der Waals surface area contributed by atoms with Gasteiger partial charge in [0.1, 0.15) is 17.1 Å². The van der Waals surface area contributed by atoms with Gasteiger partial charge in [0.15, 0.2) is 0 Å². The largest absolute Gasteiger partial charge is 0.497 e. The molecule has 0 spiro atoms. The van der Waals surface area contributed by atoms with Crippen LogP contribution >= 0.6 is 11.8 Å². The number of alkyl carbamates (subject to hydrolysis) is 1. The Hall–Kier alpha value is -2.88. The standard InChI is InChI=1S/C25H36N2O7S/c1-7-33-22(28)11-9-18(26-24(30)34-25(2,3)4)14-21-23(29)27(12-13-35-21)16-17-8-10-19(31-5)15-20(17)32-6/h8-11,15,18,21H,7,12-14,16H2,1-6H3,(H,26,30)/b11-9+/t18-,21+/m1/s1. The maximum absolute atomic E-state index is 13.3. The molecule has 2 atom stereocenters. The smallest absolute Gasteiger partial charge is 0.408 e. The van der Waals surface area contributed by atoms with E-state index < -0.39 is 29.0 Å². The zero-order valence-corrected chi connectivity index (χ0v) is 22.1. The maximum Gasteiger partial charge on any atom is 0.408 e. The summed E-state index contributed by atoms with van der Waals surface area (Å²) in [6, 6.07) is 4.92. The van der Waals surface area contributed by atoms with Crippen LogP contribution in [0.4, 0.5) is 4.79 Å². The maximum atomic E-state index is 13.3. The third kappa shape index (κ3) is 9.35. The van der Waals surface area contributed by atoms with E-state index in [4.69, 9.17) is 18.9 Å². The van der Waals surface area contributed by atoms with Crippen molar-refractivity contribution >= 4 is 29.7 Å². The molecule has 0 unspecified atom stereocenters. The van der Waals surface area contributed by atoms with Gasteiger partial charge in [-0.15, -0.1) is 11.8 Å². The lowest BCUT2D eigenvalue weighted by Gasteiger charge is -2.33. The number of nitrogens with zero attached hydrogens (tertiary/aromatic N) is 1. The van der Waals surface area contributed by atoms with Gasteiger partial charge in [0.25, 0.3) is 0 Å². The number of thioether (sulfide) groups is 1. The predicted molar refractivity (Wildman–Crippen MR) is 135 cm³/mol. The number of carbonyl (C=O) groups is 3. The Morgan fingerprint density at radius 1 is 1.26 bits per heavy atom. The highest BCUT2D eigenvalue weighted by molar-refractivity contribution is 8.00.